The van der Waals surface area contributed by atoms with Crippen LogP contribution in [0, 0.1) is 6.92 Å². The number of carbonyl (C=O) groups is 1. The van der Waals surface area contributed by atoms with E-state index in [2.05, 4.69) is 5.32 Å². The number of sulfonamides is 1. The highest BCUT2D eigenvalue weighted by Crippen LogP contribution is 2.23. The molecule has 1 N–H and O–H groups in total. The third-order valence-electron chi connectivity index (χ3n) is 3.58. The average Bonchev–Trinajstić information content (AvgIpc) is 2.57. The van der Waals surface area contributed by atoms with Gasteiger partial charge in [-0.05, 0) is 49.7 Å². The zero-order valence-electron chi connectivity index (χ0n) is 14.5. The van der Waals surface area contributed by atoms with Crippen LogP contribution in [0.3, 0.4) is 0 Å². The molecular weight excluding hydrogens is 340 g/mol. The van der Waals surface area contributed by atoms with E-state index in [1.54, 1.807) is 43.3 Å². The van der Waals surface area contributed by atoms with Gasteiger partial charge >= 0.3 is 0 Å². The molecule has 2 rings (SSSR count). The van der Waals surface area contributed by atoms with E-state index in [1.807, 2.05) is 13.0 Å². The quantitative estimate of drug-likeness (QED) is 0.822. The summed E-state index contributed by atoms with van der Waals surface area (Å²) in [5.74, 6) is 0.242. The summed E-state index contributed by atoms with van der Waals surface area (Å²) in [6.45, 7) is 3.88. The molecule has 0 unspecified atom stereocenters. The van der Waals surface area contributed by atoms with Crippen molar-refractivity contribution in [1.82, 2.24) is 4.31 Å². The fraction of sp³-hybridized carbons (Fsp3) is 0.278. The van der Waals surface area contributed by atoms with E-state index in [0.717, 1.165) is 9.87 Å². The van der Waals surface area contributed by atoms with Crippen molar-refractivity contribution in [1.29, 1.82) is 0 Å². The largest absolute Gasteiger partial charge is 0.494 e. The monoisotopic (exact) mass is 362 g/mol. The number of nitrogens with one attached hydrogen (secondary N) is 1. The van der Waals surface area contributed by atoms with Crippen LogP contribution in [0.4, 0.5) is 5.69 Å². The lowest BCUT2D eigenvalue weighted by Crippen LogP contribution is -2.35. The molecule has 0 saturated heterocycles. The minimum Gasteiger partial charge on any atom is -0.494 e. The SMILES string of the molecule is CCOc1ccc(S(=O)(=O)N(C)CC(=O)Nc2ccccc2)cc1C. The van der Waals surface area contributed by atoms with E-state index in [9.17, 15) is 13.2 Å². The van der Waals surface area contributed by atoms with E-state index in [0.29, 0.717) is 18.0 Å². The van der Waals surface area contributed by atoms with E-state index in [1.165, 1.54) is 13.1 Å². The van der Waals surface area contributed by atoms with Crippen molar-refractivity contribution < 1.29 is 17.9 Å². The fourth-order valence-electron chi connectivity index (χ4n) is 2.29. The Hall–Kier alpha value is -2.38. The third kappa shape index (κ3) is 4.80. The van der Waals surface area contributed by atoms with Crippen molar-refractivity contribution >= 4 is 21.6 Å². The lowest BCUT2D eigenvalue weighted by Gasteiger charge is -2.18. The highest BCUT2D eigenvalue weighted by molar-refractivity contribution is 7.89. The Balaban J connectivity index is 2.10. The Morgan fingerprint density at radius 1 is 1.16 bits per heavy atom. The molecule has 0 aliphatic rings. The van der Waals surface area contributed by atoms with Crippen molar-refractivity contribution in [2.75, 3.05) is 25.5 Å². The zero-order valence-corrected chi connectivity index (χ0v) is 15.3. The second kappa shape index (κ2) is 8.13. The maximum absolute atomic E-state index is 12.6. The zero-order chi connectivity index (χ0) is 18.4. The number of hydrogen-bond acceptors (Lipinski definition) is 4. The number of rotatable bonds is 7. The third-order valence-corrected chi connectivity index (χ3v) is 5.38. The molecule has 0 atom stereocenters. The van der Waals surface area contributed by atoms with E-state index < -0.39 is 15.9 Å². The van der Waals surface area contributed by atoms with Gasteiger partial charge in [-0.1, -0.05) is 18.2 Å². The first-order chi connectivity index (χ1) is 11.8. The van der Waals surface area contributed by atoms with Crippen LogP contribution in [0.25, 0.3) is 0 Å². The summed E-state index contributed by atoms with van der Waals surface area (Å²) in [6, 6.07) is 13.6. The molecule has 0 saturated carbocycles. The number of nitrogens with zero attached hydrogens (tertiary/aromatic N) is 1. The first kappa shape index (κ1) is 19.0. The van der Waals surface area contributed by atoms with Crippen LogP contribution >= 0.6 is 0 Å². The van der Waals surface area contributed by atoms with Gasteiger partial charge in [0.05, 0.1) is 18.0 Å². The van der Waals surface area contributed by atoms with Gasteiger partial charge in [-0.25, -0.2) is 8.42 Å². The summed E-state index contributed by atoms with van der Waals surface area (Å²) in [4.78, 5) is 12.2. The standard InChI is InChI=1S/C18H22N2O4S/c1-4-24-17-11-10-16(12-14(17)2)25(22,23)20(3)13-18(21)19-15-8-6-5-7-9-15/h5-12H,4,13H2,1-3H3,(H,19,21). The molecule has 0 fully saturated rings. The van der Waals surface area contributed by atoms with Gasteiger partial charge < -0.3 is 10.1 Å². The van der Waals surface area contributed by atoms with Gasteiger partial charge in [0, 0.05) is 12.7 Å². The number of para-hydroxylation sites is 1. The molecule has 6 nitrogen and oxygen atoms in total. The van der Waals surface area contributed by atoms with E-state index >= 15 is 0 Å². The Kier molecular flexibility index (Phi) is 6.17. The molecule has 0 bridgehead atoms. The summed E-state index contributed by atoms with van der Waals surface area (Å²) in [6.07, 6.45) is 0. The molecule has 0 aliphatic heterocycles. The van der Waals surface area contributed by atoms with Crippen LogP contribution in [0.15, 0.2) is 53.4 Å². The summed E-state index contributed by atoms with van der Waals surface area (Å²) >= 11 is 0. The van der Waals surface area contributed by atoms with Crippen molar-refractivity contribution in [2.45, 2.75) is 18.7 Å². The minimum absolute atomic E-state index is 0.128. The molecule has 0 spiro atoms. The molecule has 0 radical (unpaired) electrons. The van der Waals surface area contributed by atoms with Crippen LogP contribution in [-0.4, -0.2) is 38.8 Å². The molecule has 0 aliphatic carbocycles. The van der Waals surface area contributed by atoms with Gasteiger partial charge in [0.1, 0.15) is 5.75 Å². The number of hydrogen-bond donors (Lipinski definition) is 1. The maximum atomic E-state index is 12.6. The first-order valence-electron chi connectivity index (χ1n) is 7.89. The molecule has 2 aromatic carbocycles. The number of amides is 1. The molecule has 134 valence electrons. The Morgan fingerprint density at radius 3 is 2.44 bits per heavy atom. The fourth-order valence-corrected chi connectivity index (χ4v) is 3.50. The number of benzene rings is 2. The van der Waals surface area contributed by atoms with Gasteiger partial charge in [-0.15, -0.1) is 0 Å². The average molecular weight is 362 g/mol. The van der Waals surface area contributed by atoms with Gasteiger partial charge in [-0.3, -0.25) is 4.79 Å². The normalized spacial score (nSPS) is 11.4. The Bertz CT molecular complexity index is 835. The highest BCUT2D eigenvalue weighted by Gasteiger charge is 2.23. The van der Waals surface area contributed by atoms with Crippen molar-refractivity contribution in [3.8, 4) is 5.75 Å². The molecule has 2 aromatic rings. The summed E-state index contributed by atoms with van der Waals surface area (Å²) in [5, 5.41) is 2.67. The van der Waals surface area contributed by atoms with Crippen LogP contribution in [0.1, 0.15) is 12.5 Å². The second-order valence-corrected chi connectivity index (χ2v) is 7.58. The smallest absolute Gasteiger partial charge is 0.243 e. The predicted octanol–water partition coefficient (Wildman–Crippen LogP) is 2.65. The topological polar surface area (TPSA) is 75.7 Å². The molecule has 0 aromatic heterocycles. The number of anilines is 1. The summed E-state index contributed by atoms with van der Waals surface area (Å²) < 4.78 is 31.7. The number of ether oxygens (including phenoxy) is 1. The molecule has 0 heterocycles. The van der Waals surface area contributed by atoms with Crippen LogP contribution in [-0.2, 0) is 14.8 Å². The van der Waals surface area contributed by atoms with Gasteiger partial charge in [0.25, 0.3) is 0 Å². The van der Waals surface area contributed by atoms with E-state index in [4.69, 9.17) is 4.74 Å². The number of carbonyl (C=O) groups excluding carboxylic acids is 1. The lowest BCUT2D eigenvalue weighted by atomic mass is 10.2. The maximum Gasteiger partial charge on any atom is 0.243 e. The Morgan fingerprint density at radius 2 is 1.84 bits per heavy atom. The summed E-state index contributed by atoms with van der Waals surface area (Å²) in [5.41, 5.74) is 1.35. The van der Waals surface area contributed by atoms with Crippen molar-refractivity contribution in [3.05, 3.63) is 54.1 Å². The van der Waals surface area contributed by atoms with Crippen LogP contribution in [0.2, 0.25) is 0 Å². The number of likely N-dealkylation sites (N-methyl/N-ethyl adjacent to an activating group) is 1. The molecule has 25 heavy (non-hydrogen) atoms. The van der Waals surface area contributed by atoms with Gasteiger partial charge in [-0.2, -0.15) is 4.31 Å². The molecular formula is C18H22N2O4S. The van der Waals surface area contributed by atoms with Crippen LogP contribution < -0.4 is 10.1 Å². The molecule has 1 amide bonds. The van der Waals surface area contributed by atoms with Crippen molar-refractivity contribution in [3.63, 3.8) is 0 Å². The lowest BCUT2D eigenvalue weighted by molar-refractivity contribution is -0.116. The van der Waals surface area contributed by atoms with Crippen LogP contribution in [0.5, 0.6) is 5.75 Å². The summed E-state index contributed by atoms with van der Waals surface area (Å²) in [7, 11) is -2.38. The van der Waals surface area contributed by atoms with Gasteiger partial charge in [0.15, 0.2) is 0 Å². The second-order valence-electron chi connectivity index (χ2n) is 5.54. The van der Waals surface area contributed by atoms with Crippen molar-refractivity contribution in [2.24, 2.45) is 0 Å². The van der Waals surface area contributed by atoms with E-state index in [-0.39, 0.29) is 11.4 Å². The Labute approximate surface area is 148 Å². The first-order valence-corrected chi connectivity index (χ1v) is 9.33. The minimum atomic E-state index is -3.76. The predicted molar refractivity (Wildman–Crippen MR) is 97.2 cm³/mol. The highest BCUT2D eigenvalue weighted by atomic mass is 32.2. The van der Waals surface area contributed by atoms with Gasteiger partial charge in [0.2, 0.25) is 15.9 Å². The number of aryl methyl sites for hydroxylation is 1. The molecule has 7 heteroatoms.